The summed E-state index contributed by atoms with van der Waals surface area (Å²) in [5.41, 5.74) is 1.22. The van der Waals surface area contributed by atoms with Crippen molar-refractivity contribution in [3.05, 3.63) is 63.1 Å². The summed E-state index contributed by atoms with van der Waals surface area (Å²) in [4.78, 5) is 28.6. The number of amides is 2. The van der Waals surface area contributed by atoms with E-state index < -0.39 is 16.1 Å². The molecule has 0 radical (unpaired) electrons. The highest BCUT2D eigenvalue weighted by atomic mass is 35.5. The number of carbonyl (C=O) groups is 2. The largest absolute Gasteiger partial charge is 0.352 e. The molecule has 1 saturated carbocycles. The fourth-order valence-corrected chi connectivity index (χ4v) is 6.32. The van der Waals surface area contributed by atoms with Crippen molar-refractivity contribution in [2.75, 3.05) is 17.1 Å². The van der Waals surface area contributed by atoms with Crippen LogP contribution in [0, 0.1) is 0 Å². The molecule has 1 fully saturated rings. The third-order valence-electron chi connectivity index (χ3n) is 6.94. The summed E-state index contributed by atoms with van der Waals surface area (Å²) >= 11 is 18.3. The molecule has 11 heteroatoms. The molecule has 39 heavy (non-hydrogen) atoms. The highest BCUT2D eigenvalue weighted by molar-refractivity contribution is 7.92. The van der Waals surface area contributed by atoms with Crippen LogP contribution in [0.15, 0.2) is 42.5 Å². The third kappa shape index (κ3) is 9.27. The lowest BCUT2D eigenvalue weighted by Crippen LogP contribution is -2.51. The molecule has 0 heterocycles. The second-order valence-corrected chi connectivity index (χ2v) is 13.1. The van der Waals surface area contributed by atoms with Crippen molar-refractivity contribution < 1.29 is 18.0 Å². The molecular formula is C28H36Cl3N3O4S. The number of hydrogen-bond donors (Lipinski definition) is 1. The van der Waals surface area contributed by atoms with E-state index in [1.807, 2.05) is 6.92 Å². The molecular weight excluding hydrogens is 581 g/mol. The molecule has 0 saturated heterocycles. The second kappa shape index (κ2) is 14.6. The van der Waals surface area contributed by atoms with Gasteiger partial charge >= 0.3 is 0 Å². The quantitative estimate of drug-likeness (QED) is 0.297. The molecule has 2 aromatic carbocycles. The molecule has 0 bridgehead atoms. The van der Waals surface area contributed by atoms with E-state index in [9.17, 15) is 18.0 Å². The second-order valence-electron chi connectivity index (χ2n) is 9.95. The Kier molecular flexibility index (Phi) is 11.8. The molecule has 1 unspecified atom stereocenters. The van der Waals surface area contributed by atoms with Crippen molar-refractivity contribution >= 4 is 62.3 Å². The number of sulfonamides is 1. The van der Waals surface area contributed by atoms with Crippen LogP contribution in [0.4, 0.5) is 5.69 Å². The molecule has 0 spiro atoms. The third-order valence-corrected chi connectivity index (χ3v) is 9.13. The average Bonchev–Trinajstić information content (AvgIpc) is 2.89. The van der Waals surface area contributed by atoms with Crippen LogP contribution in [0.25, 0.3) is 0 Å². The Hall–Kier alpha value is -2.00. The number of carbonyl (C=O) groups excluding carboxylic acids is 2. The number of anilines is 1. The zero-order chi connectivity index (χ0) is 28.6. The smallest absolute Gasteiger partial charge is 0.243 e. The van der Waals surface area contributed by atoms with Gasteiger partial charge in [-0.15, -0.1) is 0 Å². The minimum Gasteiger partial charge on any atom is -0.352 e. The maximum Gasteiger partial charge on any atom is 0.243 e. The molecule has 2 aromatic rings. The van der Waals surface area contributed by atoms with Crippen molar-refractivity contribution in [1.82, 2.24) is 10.2 Å². The average molecular weight is 617 g/mol. The number of nitrogens with zero attached hydrogens (tertiary/aromatic N) is 2. The maximum absolute atomic E-state index is 13.6. The van der Waals surface area contributed by atoms with Crippen LogP contribution in [-0.4, -0.2) is 50.0 Å². The molecule has 214 valence electrons. The number of nitrogens with one attached hydrogen (secondary N) is 1. The van der Waals surface area contributed by atoms with Crippen molar-refractivity contribution in [3.8, 4) is 0 Å². The summed E-state index contributed by atoms with van der Waals surface area (Å²) < 4.78 is 26.2. The van der Waals surface area contributed by atoms with Gasteiger partial charge in [0.2, 0.25) is 21.8 Å². The predicted octanol–water partition coefficient (Wildman–Crippen LogP) is 6.45. The SMILES string of the molecule is CCC(C(=O)NC1CCCCC1)N(Cc1ccc(Cl)c(Cl)c1)C(=O)CCCN(c1ccc(Cl)cc1)S(C)(=O)=O. The minimum atomic E-state index is -3.58. The molecule has 7 nitrogen and oxygen atoms in total. The van der Waals surface area contributed by atoms with Gasteiger partial charge in [0.15, 0.2) is 0 Å². The van der Waals surface area contributed by atoms with Crippen LogP contribution in [0.3, 0.4) is 0 Å². The first kappa shape index (κ1) is 31.5. The molecule has 1 aliphatic rings. The van der Waals surface area contributed by atoms with E-state index >= 15 is 0 Å². The Morgan fingerprint density at radius 3 is 2.26 bits per heavy atom. The van der Waals surface area contributed by atoms with Crippen LogP contribution in [0.1, 0.15) is 63.9 Å². The van der Waals surface area contributed by atoms with Crippen LogP contribution in [0.2, 0.25) is 15.1 Å². The molecule has 1 aliphatic carbocycles. The first-order valence-electron chi connectivity index (χ1n) is 13.3. The van der Waals surface area contributed by atoms with Gasteiger partial charge in [-0.2, -0.15) is 0 Å². The van der Waals surface area contributed by atoms with E-state index in [1.54, 1.807) is 47.4 Å². The lowest BCUT2D eigenvalue weighted by molar-refractivity contribution is -0.141. The Bertz CT molecular complexity index is 1240. The number of benzene rings is 2. The maximum atomic E-state index is 13.6. The Labute approximate surface area is 246 Å². The van der Waals surface area contributed by atoms with Crippen molar-refractivity contribution in [2.45, 2.75) is 76.9 Å². The molecule has 0 aromatic heterocycles. The Morgan fingerprint density at radius 2 is 1.67 bits per heavy atom. The molecule has 3 rings (SSSR count). The minimum absolute atomic E-state index is 0.0636. The van der Waals surface area contributed by atoms with Crippen molar-refractivity contribution in [2.24, 2.45) is 0 Å². The first-order valence-corrected chi connectivity index (χ1v) is 16.2. The van der Waals surface area contributed by atoms with Gasteiger partial charge < -0.3 is 10.2 Å². The highest BCUT2D eigenvalue weighted by Gasteiger charge is 2.30. The molecule has 0 aliphatic heterocycles. The topological polar surface area (TPSA) is 86.8 Å². The van der Waals surface area contributed by atoms with E-state index in [0.29, 0.717) is 27.2 Å². The Balaban J connectivity index is 1.77. The van der Waals surface area contributed by atoms with Crippen molar-refractivity contribution in [3.63, 3.8) is 0 Å². The van der Waals surface area contributed by atoms with Gasteiger partial charge in [0.1, 0.15) is 6.04 Å². The van der Waals surface area contributed by atoms with E-state index in [4.69, 9.17) is 34.8 Å². The fourth-order valence-electron chi connectivity index (χ4n) is 4.91. The highest BCUT2D eigenvalue weighted by Crippen LogP contribution is 2.26. The first-order chi connectivity index (χ1) is 18.5. The monoisotopic (exact) mass is 615 g/mol. The van der Waals surface area contributed by atoms with Gasteiger partial charge in [-0.3, -0.25) is 13.9 Å². The van der Waals surface area contributed by atoms with Crippen molar-refractivity contribution in [1.29, 1.82) is 0 Å². The molecule has 2 amide bonds. The van der Waals surface area contributed by atoms with E-state index in [0.717, 1.165) is 37.5 Å². The summed E-state index contributed by atoms with van der Waals surface area (Å²) in [7, 11) is -3.58. The van der Waals surface area contributed by atoms with Gasteiger partial charge in [-0.25, -0.2) is 8.42 Å². The van der Waals surface area contributed by atoms with E-state index in [2.05, 4.69) is 5.32 Å². The standard InChI is InChI=1S/C28H36Cl3N3O4S/c1-3-26(28(36)32-22-8-5-4-6-9-22)33(19-20-11-16-24(30)25(31)18-20)27(35)10-7-17-34(39(2,37)38)23-14-12-21(29)13-15-23/h11-16,18,22,26H,3-10,17,19H2,1-2H3,(H,32,36). The summed E-state index contributed by atoms with van der Waals surface area (Å²) in [5, 5.41) is 4.43. The van der Waals surface area contributed by atoms with Gasteiger partial charge in [-0.05, 0) is 67.6 Å². The molecule has 1 N–H and O–H groups in total. The van der Waals surface area contributed by atoms with Crippen LogP contribution in [0.5, 0.6) is 0 Å². The number of halogens is 3. The zero-order valence-electron chi connectivity index (χ0n) is 22.3. The summed E-state index contributed by atoms with van der Waals surface area (Å²) in [6, 6.07) is 11.1. The Morgan fingerprint density at radius 1 is 1.00 bits per heavy atom. The van der Waals surface area contributed by atoms with Crippen LogP contribution in [-0.2, 0) is 26.2 Å². The van der Waals surface area contributed by atoms with Crippen LogP contribution < -0.4 is 9.62 Å². The number of rotatable bonds is 12. The fraction of sp³-hybridized carbons (Fsp3) is 0.500. The van der Waals surface area contributed by atoms with Gasteiger partial charge in [-0.1, -0.05) is 67.1 Å². The van der Waals surface area contributed by atoms with E-state index in [1.165, 1.54) is 10.7 Å². The molecule has 1 atom stereocenters. The van der Waals surface area contributed by atoms with Gasteiger partial charge in [0, 0.05) is 30.6 Å². The van der Waals surface area contributed by atoms with Crippen LogP contribution >= 0.6 is 34.8 Å². The summed E-state index contributed by atoms with van der Waals surface area (Å²) in [5.74, 6) is -0.409. The lowest BCUT2D eigenvalue weighted by Gasteiger charge is -2.33. The normalized spacial score (nSPS) is 15.0. The summed E-state index contributed by atoms with van der Waals surface area (Å²) in [6.45, 7) is 2.17. The lowest BCUT2D eigenvalue weighted by atomic mass is 9.95. The van der Waals surface area contributed by atoms with E-state index in [-0.39, 0.29) is 43.8 Å². The predicted molar refractivity (Wildman–Crippen MR) is 159 cm³/mol. The zero-order valence-corrected chi connectivity index (χ0v) is 25.4. The van der Waals surface area contributed by atoms with Gasteiger partial charge in [0.05, 0.1) is 22.0 Å². The van der Waals surface area contributed by atoms with Gasteiger partial charge in [0.25, 0.3) is 0 Å². The number of hydrogen-bond acceptors (Lipinski definition) is 4. The summed E-state index contributed by atoms with van der Waals surface area (Å²) in [6.07, 6.45) is 7.11.